The highest BCUT2D eigenvalue weighted by molar-refractivity contribution is 7.99. The van der Waals surface area contributed by atoms with Crippen molar-refractivity contribution in [3.8, 4) is 11.3 Å². The molecular weight excluding hydrogens is 438 g/mol. The molecule has 0 unspecified atom stereocenters. The number of thioether (sulfide) groups is 1. The van der Waals surface area contributed by atoms with Gasteiger partial charge in [-0.15, -0.1) is 16.9 Å². The lowest BCUT2D eigenvalue weighted by atomic mass is 9.96. The van der Waals surface area contributed by atoms with Crippen LogP contribution in [0.1, 0.15) is 26.8 Å². The monoisotopic (exact) mass is 463 g/mol. The van der Waals surface area contributed by atoms with E-state index in [2.05, 4.69) is 10.3 Å². The zero-order valence-corrected chi connectivity index (χ0v) is 19.0. The minimum atomic E-state index is -0.954. The van der Waals surface area contributed by atoms with E-state index >= 15 is 0 Å². The maximum Gasteiger partial charge on any atom is 0.303 e. The molecule has 0 N–H and O–H groups in total. The van der Waals surface area contributed by atoms with Gasteiger partial charge in [-0.05, 0) is 6.26 Å². The van der Waals surface area contributed by atoms with Crippen LogP contribution in [-0.4, -0.2) is 69.5 Å². The number of hydrogen-bond acceptors (Lipinski definition) is 10. The molecule has 1 saturated heterocycles. The maximum absolute atomic E-state index is 11.9. The number of benzene rings is 1. The summed E-state index contributed by atoms with van der Waals surface area (Å²) in [6.07, 6.45) is 0.889. The van der Waals surface area contributed by atoms with E-state index in [0.29, 0.717) is 5.69 Å². The first-order valence-electron chi connectivity index (χ1n) is 9.93. The van der Waals surface area contributed by atoms with Crippen LogP contribution >= 0.6 is 11.8 Å². The smallest absolute Gasteiger partial charge is 0.303 e. The fraction of sp³-hybridized carbons (Fsp3) is 0.476. The van der Waals surface area contributed by atoms with Gasteiger partial charge in [-0.25, -0.2) is 4.68 Å². The zero-order chi connectivity index (χ0) is 23.3. The molecule has 0 radical (unpaired) electrons. The maximum atomic E-state index is 11.9. The SMILES string of the molecule is CS[C@@H]1O[C@H](COC(C)=O)[C@H](OC(C)=O)[C@H](n2cc(-c3ccccc3)nn2)[C@H]1OC(C)=O. The fourth-order valence-electron chi connectivity index (χ4n) is 3.54. The van der Waals surface area contributed by atoms with Crippen molar-refractivity contribution >= 4 is 29.7 Å². The normalized spacial score (nSPS) is 25.1. The van der Waals surface area contributed by atoms with Crippen LogP contribution in [0, 0.1) is 0 Å². The molecule has 3 rings (SSSR count). The van der Waals surface area contributed by atoms with E-state index in [4.69, 9.17) is 18.9 Å². The van der Waals surface area contributed by atoms with Gasteiger partial charge in [0.2, 0.25) is 0 Å². The highest BCUT2D eigenvalue weighted by Gasteiger charge is 2.51. The number of ether oxygens (including phenoxy) is 4. The molecule has 11 heteroatoms. The molecule has 0 saturated carbocycles. The highest BCUT2D eigenvalue weighted by atomic mass is 32.2. The lowest BCUT2D eigenvalue weighted by molar-refractivity contribution is -0.212. The Hall–Kier alpha value is -2.92. The molecule has 1 fully saturated rings. The summed E-state index contributed by atoms with van der Waals surface area (Å²) in [5.41, 5.74) is 0.815. The van der Waals surface area contributed by atoms with E-state index in [1.54, 1.807) is 12.5 Å². The Morgan fingerprint density at radius 2 is 1.69 bits per heavy atom. The van der Waals surface area contributed by atoms with Gasteiger partial charge in [0, 0.05) is 26.3 Å². The highest BCUT2D eigenvalue weighted by Crippen LogP contribution is 2.38. The van der Waals surface area contributed by atoms with Crippen molar-refractivity contribution < 1.29 is 33.3 Å². The first kappa shape index (κ1) is 23.7. The van der Waals surface area contributed by atoms with Crippen LogP contribution in [0.4, 0.5) is 0 Å². The van der Waals surface area contributed by atoms with Crippen LogP contribution in [0.3, 0.4) is 0 Å². The summed E-state index contributed by atoms with van der Waals surface area (Å²) >= 11 is 1.31. The van der Waals surface area contributed by atoms with E-state index in [0.717, 1.165) is 5.56 Å². The molecular formula is C21H25N3O7S. The number of aromatic nitrogens is 3. The second kappa shape index (κ2) is 10.6. The third kappa shape index (κ3) is 5.65. The number of carbonyl (C=O) groups is 3. The molecule has 2 aromatic rings. The van der Waals surface area contributed by atoms with E-state index in [-0.39, 0.29) is 6.61 Å². The Bertz CT molecular complexity index is 952. The predicted octanol–water partition coefficient (Wildman–Crippen LogP) is 2.00. The average Bonchev–Trinajstić information content (AvgIpc) is 3.22. The van der Waals surface area contributed by atoms with Gasteiger partial charge < -0.3 is 18.9 Å². The summed E-state index contributed by atoms with van der Waals surface area (Å²) in [4.78, 5) is 35.2. The largest absolute Gasteiger partial charge is 0.463 e. The molecule has 1 aliphatic rings. The number of carbonyl (C=O) groups excluding carboxylic acids is 3. The molecule has 0 spiro atoms. The summed E-state index contributed by atoms with van der Waals surface area (Å²) < 4.78 is 23.8. The zero-order valence-electron chi connectivity index (χ0n) is 18.2. The average molecular weight is 464 g/mol. The molecule has 2 heterocycles. The van der Waals surface area contributed by atoms with E-state index in [9.17, 15) is 14.4 Å². The third-order valence-corrected chi connectivity index (χ3v) is 5.63. The van der Waals surface area contributed by atoms with Gasteiger partial charge in [0.15, 0.2) is 12.2 Å². The number of hydrogen-bond donors (Lipinski definition) is 0. The van der Waals surface area contributed by atoms with Crippen molar-refractivity contribution in [2.75, 3.05) is 12.9 Å². The second-order valence-electron chi connectivity index (χ2n) is 7.17. The van der Waals surface area contributed by atoms with Crippen molar-refractivity contribution in [3.63, 3.8) is 0 Å². The summed E-state index contributed by atoms with van der Waals surface area (Å²) in [7, 11) is 0. The van der Waals surface area contributed by atoms with Crippen molar-refractivity contribution in [2.24, 2.45) is 0 Å². The topological polar surface area (TPSA) is 119 Å². The van der Waals surface area contributed by atoms with Crippen LogP contribution < -0.4 is 0 Å². The molecule has 172 valence electrons. The summed E-state index contributed by atoms with van der Waals surface area (Å²) in [5, 5.41) is 8.48. The van der Waals surface area contributed by atoms with Crippen molar-refractivity contribution in [2.45, 2.75) is 50.6 Å². The third-order valence-electron chi connectivity index (χ3n) is 4.79. The van der Waals surface area contributed by atoms with Crippen LogP contribution in [0.25, 0.3) is 11.3 Å². The lowest BCUT2D eigenvalue weighted by Crippen LogP contribution is -2.57. The molecule has 0 amide bonds. The summed E-state index contributed by atoms with van der Waals surface area (Å²) in [6.45, 7) is 3.68. The Balaban J connectivity index is 2.04. The molecule has 32 heavy (non-hydrogen) atoms. The number of rotatable bonds is 7. The Morgan fingerprint density at radius 3 is 2.28 bits per heavy atom. The van der Waals surface area contributed by atoms with Crippen LogP contribution in [-0.2, 0) is 33.3 Å². The van der Waals surface area contributed by atoms with Gasteiger partial charge in [-0.3, -0.25) is 14.4 Å². The lowest BCUT2D eigenvalue weighted by Gasteiger charge is -2.44. The van der Waals surface area contributed by atoms with Crippen LogP contribution in [0.2, 0.25) is 0 Å². The van der Waals surface area contributed by atoms with Crippen molar-refractivity contribution in [3.05, 3.63) is 36.5 Å². The molecule has 1 aromatic heterocycles. The van der Waals surface area contributed by atoms with Gasteiger partial charge in [-0.1, -0.05) is 35.5 Å². The second-order valence-corrected chi connectivity index (χ2v) is 8.11. The Morgan fingerprint density at radius 1 is 1.03 bits per heavy atom. The standard InChI is InChI=1S/C21H25N3O7S/c1-12(25)28-11-17-19(29-13(2)26)18(20(30-14(3)27)21(31-17)32-4)24-10-16(22-23-24)15-8-6-5-7-9-15/h5-10,17-21H,11H2,1-4H3/t17-,18+,19+,20-,21+/m1/s1. The number of esters is 3. The van der Waals surface area contributed by atoms with E-state index in [1.807, 2.05) is 30.3 Å². The van der Waals surface area contributed by atoms with Gasteiger partial charge in [-0.2, -0.15) is 0 Å². The first-order valence-corrected chi connectivity index (χ1v) is 11.2. The molecule has 1 aliphatic heterocycles. The quantitative estimate of drug-likeness (QED) is 0.445. The van der Waals surface area contributed by atoms with Gasteiger partial charge in [0.1, 0.15) is 29.9 Å². The Kier molecular flexibility index (Phi) is 7.86. The van der Waals surface area contributed by atoms with E-state index in [1.165, 1.54) is 37.2 Å². The molecule has 1 aromatic carbocycles. The van der Waals surface area contributed by atoms with Gasteiger partial charge in [0.05, 0.1) is 6.20 Å². The van der Waals surface area contributed by atoms with Gasteiger partial charge in [0.25, 0.3) is 0 Å². The predicted molar refractivity (Wildman–Crippen MR) is 114 cm³/mol. The summed E-state index contributed by atoms with van der Waals surface area (Å²) in [6, 6.07) is 8.66. The van der Waals surface area contributed by atoms with E-state index < -0.39 is 47.7 Å². The Labute approximate surface area is 189 Å². The molecule has 10 nitrogen and oxygen atoms in total. The van der Waals surface area contributed by atoms with Gasteiger partial charge >= 0.3 is 17.9 Å². The minimum absolute atomic E-state index is 0.145. The molecule has 5 atom stereocenters. The van der Waals surface area contributed by atoms with Crippen molar-refractivity contribution in [1.82, 2.24) is 15.0 Å². The molecule has 0 bridgehead atoms. The summed E-state index contributed by atoms with van der Waals surface area (Å²) in [5.74, 6) is -1.59. The number of nitrogens with zero attached hydrogens (tertiary/aromatic N) is 3. The minimum Gasteiger partial charge on any atom is -0.463 e. The van der Waals surface area contributed by atoms with Crippen LogP contribution in [0.15, 0.2) is 36.5 Å². The fourth-order valence-corrected chi connectivity index (χ4v) is 4.28. The van der Waals surface area contributed by atoms with Crippen molar-refractivity contribution in [1.29, 1.82) is 0 Å². The van der Waals surface area contributed by atoms with Crippen LogP contribution in [0.5, 0.6) is 0 Å². The molecule has 0 aliphatic carbocycles. The first-order chi connectivity index (χ1) is 15.3.